The van der Waals surface area contributed by atoms with E-state index < -0.39 is 12.2 Å². The molecule has 0 aromatic rings. The van der Waals surface area contributed by atoms with Gasteiger partial charge in [-0.2, -0.15) is 0 Å². The molecule has 0 spiro atoms. The topological polar surface area (TPSA) is 57.5 Å². The van der Waals surface area contributed by atoms with Crippen molar-refractivity contribution in [1.82, 2.24) is 0 Å². The van der Waals surface area contributed by atoms with Gasteiger partial charge in [-0.05, 0) is 31.6 Å². The van der Waals surface area contributed by atoms with E-state index in [9.17, 15) is 15.0 Å². The maximum Gasteiger partial charge on any atom is 0.142 e. The molecule has 2 aliphatic carbocycles. The molecule has 23 heavy (non-hydrogen) atoms. The summed E-state index contributed by atoms with van der Waals surface area (Å²) < 4.78 is 0. The van der Waals surface area contributed by atoms with Crippen LogP contribution in [-0.2, 0) is 4.79 Å². The Morgan fingerprint density at radius 3 is 2.70 bits per heavy atom. The summed E-state index contributed by atoms with van der Waals surface area (Å²) in [6, 6.07) is 0. The molecule has 0 bridgehead atoms. The molecule has 0 saturated heterocycles. The highest BCUT2D eigenvalue weighted by Crippen LogP contribution is 2.57. The van der Waals surface area contributed by atoms with E-state index in [-0.39, 0.29) is 23.2 Å². The zero-order valence-corrected chi connectivity index (χ0v) is 14.8. The molecule has 6 atom stereocenters. The largest absolute Gasteiger partial charge is 0.392 e. The second-order valence-electron chi connectivity index (χ2n) is 7.74. The van der Waals surface area contributed by atoms with Crippen molar-refractivity contribution in [2.24, 2.45) is 23.2 Å². The summed E-state index contributed by atoms with van der Waals surface area (Å²) in [5.41, 5.74) is -0.302. The van der Waals surface area contributed by atoms with Gasteiger partial charge in [0.1, 0.15) is 11.9 Å². The van der Waals surface area contributed by atoms with E-state index in [4.69, 9.17) is 0 Å². The maximum absolute atomic E-state index is 12.2. The second-order valence-corrected chi connectivity index (χ2v) is 7.74. The number of Topliss-reactive ketones (excluding diaryl/α,β-unsaturated/α-hetero) is 1. The van der Waals surface area contributed by atoms with Crippen molar-refractivity contribution in [3.05, 3.63) is 0 Å². The molecular weight excluding hydrogens is 288 g/mol. The lowest BCUT2D eigenvalue weighted by atomic mass is 9.45. The number of rotatable bonds is 6. The molecule has 0 aromatic carbocycles. The number of hydrogen-bond acceptors (Lipinski definition) is 3. The molecule has 0 radical (unpaired) electrons. The Labute approximate surface area is 140 Å². The molecular formula is C20H32O3. The van der Waals surface area contributed by atoms with Crippen molar-refractivity contribution >= 4 is 5.78 Å². The van der Waals surface area contributed by atoms with E-state index in [1.54, 1.807) is 0 Å². The van der Waals surface area contributed by atoms with Crippen molar-refractivity contribution < 1.29 is 15.0 Å². The summed E-state index contributed by atoms with van der Waals surface area (Å²) in [4.78, 5) is 12.2. The number of fused-ring (bicyclic) bond motifs is 1. The maximum atomic E-state index is 12.2. The number of aliphatic hydroxyl groups excluding tert-OH is 2. The average Bonchev–Trinajstić information content (AvgIpc) is 2.54. The lowest BCUT2D eigenvalue weighted by molar-refractivity contribution is -0.169. The molecule has 0 aromatic heterocycles. The van der Waals surface area contributed by atoms with Crippen LogP contribution in [0.25, 0.3) is 0 Å². The van der Waals surface area contributed by atoms with E-state index in [1.807, 2.05) is 13.8 Å². The predicted molar refractivity (Wildman–Crippen MR) is 91.7 cm³/mol. The second kappa shape index (κ2) is 7.81. The van der Waals surface area contributed by atoms with Gasteiger partial charge in [0.05, 0.1) is 12.0 Å². The number of carbonyl (C=O) groups excluding carboxylic acids is 1. The minimum atomic E-state index is -0.608. The van der Waals surface area contributed by atoms with Crippen molar-refractivity contribution in [3.8, 4) is 11.8 Å². The van der Waals surface area contributed by atoms with E-state index in [0.29, 0.717) is 18.6 Å². The minimum Gasteiger partial charge on any atom is -0.392 e. The van der Waals surface area contributed by atoms with Crippen LogP contribution in [0.1, 0.15) is 72.1 Å². The monoisotopic (exact) mass is 320 g/mol. The van der Waals surface area contributed by atoms with Gasteiger partial charge in [0, 0.05) is 11.3 Å². The zero-order chi connectivity index (χ0) is 17.0. The molecule has 2 fully saturated rings. The standard InChI is InChI=1S/C20H32O3/c1-4-5-6-7-8-9-15(21)10-11-16-17(22)12-13-20(3)18(16)14(2)19(20)23/h14-18,21-22H,4-9,12-13H2,1-3H3/t14?,15-,16-,17+,18+,20-/m0/s1. The third-order valence-electron chi connectivity index (χ3n) is 6.01. The highest BCUT2D eigenvalue weighted by molar-refractivity contribution is 5.93. The fourth-order valence-electron chi connectivity index (χ4n) is 4.56. The van der Waals surface area contributed by atoms with Gasteiger partial charge in [-0.1, -0.05) is 58.3 Å². The molecule has 3 nitrogen and oxygen atoms in total. The summed E-state index contributed by atoms with van der Waals surface area (Å²) in [7, 11) is 0. The van der Waals surface area contributed by atoms with Crippen LogP contribution in [0.5, 0.6) is 0 Å². The van der Waals surface area contributed by atoms with E-state index in [1.165, 1.54) is 19.3 Å². The van der Waals surface area contributed by atoms with Crippen LogP contribution in [0.4, 0.5) is 0 Å². The van der Waals surface area contributed by atoms with E-state index in [2.05, 4.69) is 18.8 Å². The Kier molecular flexibility index (Phi) is 6.28. The first-order chi connectivity index (χ1) is 10.9. The highest BCUT2D eigenvalue weighted by atomic mass is 16.3. The van der Waals surface area contributed by atoms with Crippen molar-refractivity contribution in [2.75, 3.05) is 0 Å². The number of hydrogen-bond donors (Lipinski definition) is 2. The molecule has 2 rings (SSSR count). The SMILES string of the molecule is CCCCCCC[C@H](O)C#C[C@H]1[C@H](O)CC[C@]2(C)C(=O)C(C)[C@H]12. The molecule has 0 amide bonds. The first kappa shape index (κ1) is 18.5. The number of aliphatic hydroxyl groups is 2. The number of ketones is 1. The zero-order valence-electron chi connectivity index (χ0n) is 14.8. The van der Waals surface area contributed by atoms with Gasteiger partial charge < -0.3 is 10.2 Å². The van der Waals surface area contributed by atoms with Gasteiger partial charge >= 0.3 is 0 Å². The normalized spacial score (nSPS) is 37.3. The fourth-order valence-corrected chi connectivity index (χ4v) is 4.56. The van der Waals surface area contributed by atoms with Crippen LogP contribution in [0.3, 0.4) is 0 Å². The molecule has 0 aliphatic heterocycles. The Hall–Kier alpha value is -0.850. The van der Waals surface area contributed by atoms with Crippen molar-refractivity contribution in [2.45, 2.75) is 84.3 Å². The molecule has 2 saturated carbocycles. The van der Waals surface area contributed by atoms with Gasteiger partial charge in [0.25, 0.3) is 0 Å². The van der Waals surface area contributed by atoms with E-state index >= 15 is 0 Å². The van der Waals surface area contributed by atoms with Crippen LogP contribution in [0.2, 0.25) is 0 Å². The Bertz CT molecular complexity index is 475. The molecule has 1 unspecified atom stereocenters. The summed E-state index contributed by atoms with van der Waals surface area (Å²) in [6.45, 7) is 6.16. The first-order valence-corrected chi connectivity index (χ1v) is 9.33. The van der Waals surface area contributed by atoms with Crippen LogP contribution in [0, 0.1) is 35.0 Å². The van der Waals surface area contributed by atoms with Crippen molar-refractivity contribution in [1.29, 1.82) is 0 Å². The summed E-state index contributed by atoms with van der Waals surface area (Å²) >= 11 is 0. The van der Waals surface area contributed by atoms with Crippen molar-refractivity contribution in [3.63, 3.8) is 0 Å². The third-order valence-corrected chi connectivity index (χ3v) is 6.01. The van der Waals surface area contributed by atoms with Crippen LogP contribution >= 0.6 is 0 Å². The lowest BCUT2D eigenvalue weighted by Gasteiger charge is -2.57. The molecule has 3 heteroatoms. The predicted octanol–water partition coefficient (Wildman–Crippen LogP) is 3.32. The summed E-state index contributed by atoms with van der Waals surface area (Å²) in [5.74, 6) is 6.35. The molecule has 0 heterocycles. The Balaban J connectivity index is 1.89. The van der Waals surface area contributed by atoms with Crippen LogP contribution < -0.4 is 0 Å². The van der Waals surface area contributed by atoms with Gasteiger partial charge in [-0.25, -0.2) is 0 Å². The Morgan fingerprint density at radius 2 is 2.00 bits per heavy atom. The van der Waals surface area contributed by atoms with Gasteiger partial charge in [0.2, 0.25) is 0 Å². The lowest BCUT2D eigenvalue weighted by Crippen LogP contribution is -2.62. The molecule has 130 valence electrons. The third kappa shape index (κ3) is 3.80. The quantitative estimate of drug-likeness (QED) is 0.583. The van der Waals surface area contributed by atoms with Gasteiger partial charge in [0.15, 0.2) is 0 Å². The average molecular weight is 320 g/mol. The van der Waals surface area contributed by atoms with E-state index in [0.717, 1.165) is 19.3 Å². The van der Waals surface area contributed by atoms with Crippen LogP contribution in [-0.4, -0.2) is 28.2 Å². The molecule has 2 N–H and O–H groups in total. The fraction of sp³-hybridized carbons (Fsp3) is 0.850. The van der Waals surface area contributed by atoms with Gasteiger partial charge in [-0.15, -0.1) is 0 Å². The number of carbonyl (C=O) groups is 1. The molecule has 2 aliphatic rings. The summed E-state index contributed by atoms with van der Waals surface area (Å²) in [5, 5.41) is 20.4. The Morgan fingerprint density at radius 1 is 1.30 bits per heavy atom. The minimum absolute atomic E-state index is 0.0135. The first-order valence-electron chi connectivity index (χ1n) is 9.33. The number of unbranched alkanes of at least 4 members (excludes halogenated alkanes) is 4. The highest BCUT2D eigenvalue weighted by Gasteiger charge is 2.62. The smallest absolute Gasteiger partial charge is 0.142 e. The van der Waals surface area contributed by atoms with Crippen LogP contribution in [0.15, 0.2) is 0 Å². The summed E-state index contributed by atoms with van der Waals surface area (Å²) in [6.07, 6.45) is 6.87. The van der Waals surface area contributed by atoms with Gasteiger partial charge in [-0.3, -0.25) is 4.79 Å².